The van der Waals surface area contributed by atoms with Gasteiger partial charge in [-0.05, 0) is 54.7 Å². The number of halogens is 3. The van der Waals surface area contributed by atoms with Crippen molar-refractivity contribution in [2.75, 3.05) is 6.61 Å². The molecule has 4 aromatic rings. The Balaban J connectivity index is 1.37. The lowest BCUT2D eigenvalue weighted by molar-refractivity contribution is -0.136. The molecule has 6 rings (SSSR count). The lowest BCUT2D eigenvalue weighted by Gasteiger charge is -2.22. The quantitative estimate of drug-likeness (QED) is 0.340. The molecule has 0 radical (unpaired) electrons. The van der Waals surface area contributed by atoms with E-state index >= 15 is 0 Å². The highest BCUT2D eigenvalue weighted by molar-refractivity contribution is 7.18. The van der Waals surface area contributed by atoms with Crippen molar-refractivity contribution in [1.82, 2.24) is 10.1 Å². The van der Waals surface area contributed by atoms with Gasteiger partial charge in [0.25, 0.3) is 0 Å². The Kier molecular flexibility index (Phi) is 5.55. The van der Waals surface area contributed by atoms with E-state index in [-0.39, 0.29) is 23.1 Å². The number of aliphatic hydroxyl groups excluding tert-OH is 1. The van der Waals surface area contributed by atoms with Gasteiger partial charge in [0.2, 0.25) is 5.76 Å². The first-order chi connectivity index (χ1) is 17.3. The Morgan fingerprint density at radius 1 is 1.14 bits per heavy atom. The van der Waals surface area contributed by atoms with Crippen molar-refractivity contribution in [3.63, 3.8) is 0 Å². The molecule has 0 saturated heterocycles. The number of thiazole rings is 1. The first-order valence-corrected chi connectivity index (χ1v) is 12.7. The first kappa shape index (κ1) is 23.4. The molecule has 36 heavy (non-hydrogen) atoms. The number of aryl methyl sites for hydroxylation is 2. The summed E-state index contributed by atoms with van der Waals surface area (Å²) in [5, 5.41) is 13.6. The van der Waals surface area contributed by atoms with E-state index in [4.69, 9.17) is 10.3 Å². The smallest absolute Gasteiger partial charge is 0.394 e. The van der Waals surface area contributed by atoms with Crippen LogP contribution in [0.1, 0.15) is 47.6 Å². The monoisotopic (exact) mass is 511 g/mol. The van der Waals surface area contributed by atoms with Crippen LogP contribution in [0.5, 0.6) is 0 Å². The van der Waals surface area contributed by atoms with E-state index < -0.39 is 17.3 Å². The predicted molar refractivity (Wildman–Crippen MR) is 131 cm³/mol. The molecule has 0 unspecified atom stereocenters. The number of nitrogens with zero attached hydrogens (tertiary/aromatic N) is 2. The van der Waals surface area contributed by atoms with Crippen LogP contribution in [0.4, 0.5) is 13.2 Å². The Morgan fingerprint density at radius 2 is 1.94 bits per heavy atom. The van der Waals surface area contributed by atoms with E-state index in [0.717, 1.165) is 47.4 Å². The lowest BCUT2D eigenvalue weighted by Crippen LogP contribution is -2.40. The number of hydrogen-bond donors (Lipinski definition) is 2. The highest BCUT2D eigenvalue weighted by Crippen LogP contribution is 2.48. The van der Waals surface area contributed by atoms with E-state index in [9.17, 15) is 18.3 Å². The fraction of sp³-hybridized carbons (Fsp3) is 0.333. The van der Waals surface area contributed by atoms with Crippen LogP contribution >= 0.6 is 11.3 Å². The number of hydrogen-bond acceptors (Lipinski definition) is 6. The maximum Gasteiger partial charge on any atom is 0.422 e. The second kappa shape index (κ2) is 8.54. The molecule has 2 atom stereocenters. The Morgan fingerprint density at radius 3 is 2.67 bits per heavy atom. The van der Waals surface area contributed by atoms with Crippen LogP contribution in [0.3, 0.4) is 0 Å². The minimum atomic E-state index is -4.65. The van der Waals surface area contributed by atoms with Crippen LogP contribution in [0, 0.1) is 0 Å². The van der Waals surface area contributed by atoms with Gasteiger partial charge in [-0.3, -0.25) is 0 Å². The third kappa shape index (κ3) is 3.95. The van der Waals surface area contributed by atoms with Crippen molar-refractivity contribution >= 4 is 11.3 Å². The van der Waals surface area contributed by atoms with E-state index in [0.29, 0.717) is 17.9 Å². The van der Waals surface area contributed by atoms with Crippen molar-refractivity contribution in [3.8, 4) is 32.5 Å². The topological polar surface area (TPSA) is 85.2 Å². The fourth-order valence-electron chi connectivity index (χ4n) is 5.45. The van der Waals surface area contributed by atoms with Gasteiger partial charge in [-0.2, -0.15) is 13.2 Å². The minimum Gasteiger partial charge on any atom is -0.394 e. The SMILES string of the molecule is N[C@@]1(CO)CC[C@@H](c2ccc3c(c2)CCc2nc(-c4onc(-c5ccccc5)c4C(F)(F)F)sc2-3)C1. The summed E-state index contributed by atoms with van der Waals surface area (Å²) in [6.07, 6.45) is -0.775. The Bertz CT molecular complexity index is 1430. The molecule has 1 saturated carbocycles. The number of aliphatic hydroxyl groups is 1. The van der Waals surface area contributed by atoms with Gasteiger partial charge in [0.15, 0.2) is 5.01 Å². The van der Waals surface area contributed by atoms with Gasteiger partial charge in [-0.25, -0.2) is 4.98 Å². The molecule has 0 amide bonds. The normalized spacial score (nSPS) is 21.4. The molecular formula is C27H24F3N3O2S. The number of aromatic nitrogens is 2. The predicted octanol–water partition coefficient (Wildman–Crippen LogP) is 6.21. The zero-order chi connectivity index (χ0) is 25.1. The summed E-state index contributed by atoms with van der Waals surface area (Å²) in [7, 11) is 0. The number of fused-ring (bicyclic) bond motifs is 3. The largest absolute Gasteiger partial charge is 0.422 e. The number of alkyl halides is 3. The maximum absolute atomic E-state index is 14.2. The zero-order valence-electron chi connectivity index (χ0n) is 19.3. The summed E-state index contributed by atoms with van der Waals surface area (Å²) < 4.78 is 47.8. The molecule has 2 heterocycles. The number of rotatable bonds is 4. The molecule has 1 fully saturated rings. The molecule has 186 valence electrons. The van der Waals surface area contributed by atoms with E-state index in [1.54, 1.807) is 30.3 Å². The van der Waals surface area contributed by atoms with Gasteiger partial charge in [0.05, 0.1) is 17.2 Å². The van der Waals surface area contributed by atoms with Crippen LogP contribution in [0.15, 0.2) is 53.1 Å². The summed E-state index contributed by atoms with van der Waals surface area (Å²) in [6.45, 7) is -0.0189. The molecule has 9 heteroatoms. The molecule has 2 aromatic heterocycles. The number of nitrogens with two attached hydrogens (primary N) is 1. The van der Waals surface area contributed by atoms with Crippen LogP contribution in [-0.2, 0) is 19.0 Å². The second-order valence-corrected chi connectivity index (χ2v) is 10.8. The van der Waals surface area contributed by atoms with Gasteiger partial charge in [0.1, 0.15) is 11.3 Å². The van der Waals surface area contributed by atoms with Gasteiger partial charge in [0, 0.05) is 11.1 Å². The van der Waals surface area contributed by atoms with Gasteiger partial charge < -0.3 is 15.4 Å². The maximum atomic E-state index is 14.2. The van der Waals surface area contributed by atoms with Gasteiger partial charge in [-0.1, -0.05) is 53.7 Å². The van der Waals surface area contributed by atoms with Crippen molar-refractivity contribution in [2.24, 2.45) is 5.73 Å². The van der Waals surface area contributed by atoms with Gasteiger partial charge >= 0.3 is 6.18 Å². The standard InChI is InChI=1S/C27H24F3N3O2S/c28-27(29,30)21-22(15-4-2-1-3-5-15)33-35-23(21)25-32-20-9-7-17-12-16(6-8-19(17)24(20)36-25)18-10-11-26(31,13-18)14-34/h1-6,8,12,18,34H,7,9-11,13-14,31H2/t18-,26+/m1/s1. The lowest BCUT2D eigenvalue weighted by atomic mass is 9.87. The van der Waals surface area contributed by atoms with Crippen LogP contribution in [-0.4, -0.2) is 27.4 Å². The fourth-order valence-corrected chi connectivity index (χ4v) is 6.61. The average molecular weight is 512 g/mol. The molecule has 2 aliphatic rings. The highest BCUT2D eigenvalue weighted by atomic mass is 32.1. The third-order valence-electron chi connectivity index (χ3n) is 7.35. The summed E-state index contributed by atoms with van der Waals surface area (Å²) in [4.78, 5) is 5.45. The third-order valence-corrected chi connectivity index (χ3v) is 8.48. The van der Waals surface area contributed by atoms with E-state index in [2.05, 4.69) is 22.3 Å². The molecule has 5 nitrogen and oxygen atoms in total. The zero-order valence-corrected chi connectivity index (χ0v) is 20.1. The summed E-state index contributed by atoms with van der Waals surface area (Å²) in [5.41, 5.74) is 9.11. The van der Waals surface area contributed by atoms with E-state index in [1.165, 1.54) is 16.9 Å². The molecule has 2 aromatic carbocycles. The second-order valence-electron chi connectivity index (χ2n) is 9.77. The number of benzene rings is 2. The van der Waals surface area contributed by atoms with Crippen molar-refractivity contribution in [1.29, 1.82) is 0 Å². The molecule has 2 aliphatic carbocycles. The molecule has 0 aliphatic heterocycles. The summed E-state index contributed by atoms with van der Waals surface area (Å²) >= 11 is 1.21. The first-order valence-electron chi connectivity index (χ1n) is 11.9. The summed E-state index contributed by atoms with van der Waals surface area (Å²) in [5.74, 6) is -0.0426. The molecule has 0 bridgehead atoms. The van der Waals surface area contributed by atoms with Crippen molar-refractivity contribution in [3.05, 3.63) is 70.9 Å². The van der Waals surface area contributed by atoms with Crippen LogP contribution in [0.25, 0.3) is 32.5 Å². The summed E-state index contributed by atoms with van der Waals surface area (Å²) in [6, 6.07) is 14.5. The Hall–Kier alpha value is -3.01. The molecule has 3 N–H and O–H groups in total. The van der Waals surface area contributed by atoms with Crippen LogP contribution in [0.2, 0.25) is 0 Å². The Labute approximate surface area is 209 Å². The van der Waals surface area contributed by atoms with Crippen LogP contribution < -0.4 is 5.73 Å². The molecular weight excluding hydrogens is 487 g/mol. The van der Waals surface area contributed by atoms with Gasteiger partial charge in [-0.15, -0.1) is 11.3 Å². The highest BCUT2D eigenvalue weighted by Gasteiger charge is 2.42. The van der Waals surface area contributed by atoms with Crippen molar-refractivity contribution < 1.29 is 22.8 Å². The minimum absolute atomic E-state index is 0.0189. The van der Waals surface area contributed by atoms with E-state index in [1.807, 2.05) is 6.07 Å². The molecule has 0 spiro atoms. The van der Waals surface area contributed by atoms with Crippen molar-refractivity contribution in [2.45, 2.75) is 49.7 Å². The average Bonchev–Trinajstić information content (AvgIpc) is 3.60.